The number of carboxylic acid groups (broad SMARTS) is 1. The van der Waals surface area contributed by atoms with Gasteiger partial charge in [-0.25, -0.2) is 0 Å². The number of rotatable bonds is 2. The summed E-state index contributed by atoms with van der Waals surface area (Å²) in [4.78, 5) is 9.65. The van der Waals surface area contributed by atoms with Gasteiger partial charge < -0.3 is 15.9 Å². The molecule has 6 heteroatoms. The van der Waals surface area contributed by atoms with E-state index in [2.05, 4.69) is 0 Å². The molecular formula is C3H9KNNaO3. The van der Waals surface area contributed by atoms with Gasteiger partial charge in [-0.2, -0.15) is 0 Å². The van der Waals surface area contributed by atoms with Crippen molar-refractivity contribution < 1.29 is 15.0 Å². The predicted octanol–water partition coefficient (Wildman–Crippen LogP) is -2.91. The van der Waals surface area contributed by atoms with Crippen LogP contribution in [-0.2, 0) is 4.79 Å². The Bertz CT molecular complexity index is 81.5. The van der Waals surface area contributed by atoms with Crippen molar-refractivity contribution in [1.82, 2.24) is 0 Å². The van der Waals surface area contributed by atoms with Crippen molar-refractivity contribution >= 4 is 86.9 Å². The third kappa shape index (κ3) is 10.0. The summed E-state index contributed by atoms with van der Waals surface area (Å²) in [5.41, 5.74) is 4.77. The van der Waals surface area contributed by atoms with Crippen molar-refractivity contribution in [2.45, 2.75) is 6.04 Å². The van der Waals surface area contributed by atoms with Crippen LogP contribution in [0.25, 0.3) is 0 Å². The second-order valence-corrected chi connectivity index (χ2v) is 1.13. The first-order valence-corrected chi connectivity index (χ1v) is 1.77. The quantitative estimate of drug-likeness (QED) is 0.387. The molecule has 0 aromatic rings. The van der Waals surface area contributed by atoms with Crippen LogP contribution in [0.15, 0.2) is 0 Å². The molecule has 0 amide bonds. The molecule has 0 fully saturated rings. The van der Waals surface area contributed by atoms with Crippen LogP contribution in [0.3, 0.4) is 0 Å². The predicted molar refractivity (Wildman–Crippen MR) is 37.0 cm³/mol. The number of hydrogen-bond donors (Lipinski definition) is 3. The van der Waals surface area contributed by atoms with Gasteiger partial charge in [-0.05, 0) is 0 Å². The van der Waals surface area contributed by atoms with E-state index in [1.54, 1.807) is 0 Å². The van der Waals surface area contributed by atoms with E-state index in [-0.39, 0.29) is 80.9 Å². The number of aliphatic hydroxyl groups is 1. The first-order chi connectivity index (χ1) is 3.18. The summed E-state index contributed by atoms with van der Waals surface area (Å²) in [7, 11) is 0. The third-order valence-corrected chi connectivity index (χ3v) is 0.514. The SMILES string of the molecule is N[C@@H](CO)C(=O)O.[KH].[NaH]. The Morgan fingerprint density at radius 2 is 2.00 bits per heavy atom. The Hall–Kier alpha value is 2.03. The average molecular weight is 169 g/mol. The Labute approximate surface area is 118 Å². The van der Waals surface area contributed by atoms with Gasteiger partial charge in [-0.15, -0.1) is 0 Å². The van der Waals surface area contributed by atoms with Crippen LogP contribution in [0.2, 0.25) is 0 Å². The zero-order valence-electron chi connectivity index (χ0n) is 3.66. The fourth-order valence-corrected chi connectivity index (χ4v) is 0.0781. The summed E-state index contributed by atoms with van der Waals surface area (Å²) in [5, 5.41) is 15.9. The van der Waals surface area contributed by atoms with Crippen LogP contribution >= 0.6 is 0 Å². The normalized spacial score (nSPS) is 10.4. The summed E-state index contributed by atoms with van der Waals surface area (Å²) in [6, 6.07) is -1.13. The molecule has 1 atom stereocenters. The van der Waals surface area contributed by atoms with Gasteiger partial charge in [0.25, 0.3) is 0 Å². The van der Waals surface area contributed by atoms with Gasteiger partial charge in [0.15, 0.2) is 0 Å². The van der Waals surface area contributed by atoms with Gasteiger partial charge in [0.1, 0.15) is 6.04 Å². The van der Waals surface area contributed by atoms with Crippen LogP contribution in [0, 0.1) is 0 Å². The van der Waals surface area contributed by atoms with Crippen LogP contribution < -0.4 is 5.73 Å². The Balaban J connectivity index is -0.000000180. The van der Waals surface area contributed by atoms with Crippen molar-refractivity contribution in [3.8, 4) is 0 Å². The molecule has 0 saturated heterocycles. The third-order valence-electron chi connectivity index (χ3n) is 0.514. The fourth-order valence-electron chi connectivity index (χ4n) is 0.0781. The van der Waals surface area contributed by atoms with Gasteiger partial charge in [-0.3, -0.25) is 4.79 Å². The number of aliphatic hydroxyl groups excluding tert-OH is 1. The molecule has 0 heterocycles. The first-order valence-electron chi connectivity index (χ1n) is 1.77. The van der Waals surface area contributed by atoms with Gasteiger partial charge in [0.05, 0.1) is 6.61 Å². The van der Waals surface area contributed by atoms with E-state index in [1.807, 2.05) is 0 Å². The van der Waals surface area contributed by atoms with Crippen molar-refractivity contribution in [2.24, 2.45) is 5.73 Å². The van der Waals surface area contributed by atoms with Crippen molar-refractivity contribution in [2.75, 3.05) is 6.61 Å². The maximum absolute atomic E-state index is 9.65. The summed E-state index contributed by atoms with van der Waals surface area (Å²) < 4.78 is 0. The molecule has 0 spiro atoms. The van der Waals surface area contributed by atoms with E-state index >= 15 is 0 Å². The van der Waals surface area contributed by atoms with E-state index in [1.165, 1.54) is 0 Å². The number of carbonyl (C=O) groups is 1. The van der Waals surface area contributed by atoms with Gasteiger partial charge >= 0.3 is 86.9 Å². The standard InChI is InChI=1S/C3H7NO3.K.Na.2H/c4-2(1-5)3(6)7;;;;/h2,5H,1,4H2,(H,6,7);;;;/t2-;;;;/m0..../s1. The van der Waals surface area contributed by atoms with Gasteiger partial charge in [0, 0.05) is 0 Å². The zero-order valence-corrected chi connectivity index (χ0v) is 3.66. The molecule has 4 nitrogen and oxygen atoms in total. The number of carboxylic acids is 1. The summed E-state index contributed by atoms with van der Waals surface area (Å²) in [5.74, 6) is -1.18. The molecule has 0 rings (SSSR count). The maximum atomic E-state index is 9.65. The molecule has 0 aliphatic carbocycles. The first kappa shape index (κ1) is 17.2. The Morgan fingerprint density at radius 3 is 2.00 bits per heavy atom. The minimum atomic E-state index is -1.18. The van der Waals surface area contributed by atoms with Crippen LogP contribution in [0.1, 0.15) is 0 Å². The topological polar surface area (TPSA) is 83.5 Å². The van der Waals surface area contributed by atoms with E-state index in [4.69, 9.17) is 15.9 Å². The van der Waals surface area contributed by atoms with Crippen LogP contribution in [0.4, 0.5) is 0 Å². The Morgan fingerprint density at radius 1 is 1.67 bits per heavy atom. The van der Waals surface area contributed by atoms with Crippen molar-refractivity contribution in [1.29, 1.82) is 0 Å². The van der Waals surface area contributed by atoms with E-state index in [0.717, 1.165) is 0 Å². The molecule has 0 aromatic carbocycles. The Kier molecular flexibility index (Phi) is 19.2. The molecule has 46 valence electrons. The number of nitrogens with two attached hydrogens (primary N) is 1. The molecule has 0 aliphatic heterocycles. The molecule has 9 heavy (non-hydrogen) atoms. The summed E-state index contributed by atoms with van der Waals surface area (Å²) >= 11 is 0. The van der Waals surface area contributed by atoms with Crippen LogP contribution in [-0.4, -0.2) is 110 Å². The van der Waals surface area contributed by atoms with Crippen molar-refractivity contribution in [3.63, 3.8) is 0 Å². The zero-order chi connectivity index (χ0) is 5.86. The van der Waals surface area contributed by atoms with E-state index in [9.17, 15) is 4.79 Å². The second-order valence-electron chi connectivity index (χ2n) is 1.13. The van der Waals surface area contributed by atoms with Crippen LogP contribution in [0.5, 0.6) is 0 Å². The molecule has 0 bridgehead atoms. The van der Waals surface area contributed by atoms with Gasteiger partial charge in [0.2, 0.25) is 0 Å². The molecular weight excluding hydrogens is 160 g/mol. The molecule has 0 saturated carbocycles. The molecule has 0 aromatic heterocycles. The number of hydrogen-bond acceptors (Lipinski definition) is 3. The monoisotopic (exact) mass is 169 g/mol. The fraction of sp³-hybridized carbons (Fsp3) is 0.667. The molecule has 0 radical (unpaired) electrons. The minimum absolute atomic E-state index is 0. The molecule has 4 N–H and O–H groups in total. The summed E-state index contributed by atoms with van der Waals surface area (Å²) in [6.07, 6.45) is 0. The van der Waals surface area contributed by atoms with E-state index in [0.29, 0.717) is 0 Å². The molecule has 0 aliphatic rings. The van der Waals surface area contributed by atoms with Crippen molar-refractivity contribution in [3.05, 3.63) is 0 Å². The van der Waals surface area contributed by atoms with Gasteiger partial charge in [-0.1, -0.05) is 0 Å². The summed E-state index contributed by atoms with van der Waals surface area (Å²) in [6.45, 7) is -0.505. The average Bonchev–Trinajstić information content (AvgIpc) is 1.65. The number of aliphatic carboxylic acids is 1. The molecule has 0 unspecified atom stereocenters. The second kappa shape index (κ2) is 10.0. The van der Waals surface area contributed by atoms with E-state index < -0.39 is 18.6 Å².